The van der Waals surface area contributed by atoms with E-state index >= 15 is 0 Å². The fourth-order valence-corrected chi connectivity index (χ4v) is 3.80. The Morgan fingerprint density at radius 1 is 1.09 bits per heavy atom. The smallest absolute Gasteiger partial charge is 0.338 e. The van der Waals surface area contributed by atoms with Gasteiger partial charge in [-0.3, -0.25) is 4.79 Å². The number of unbranched alkanes of at least 4 members (excludes halogenated alkanes) is 1. The zero-order valence-corrected chi connectivity index (χ0v) is 18.4. The zero-order chi connectivity index (χ0) is 22.3. The highest BCUT2D eigenvalue weighted by atomic mass is 32.2. The van der Waals surface area contributed by atoms with Crippen LogP contribution >= 0.6 is 11.8 Å². The van der Waals surface area contributed by atoms with Crippen molar-refractivity contribution < 1.29 is 18.7 Å². The van der Waals surface area contributed by atoms with E-state index < -0.39 is 0 Å². The third-order valence-corrected chi connectivity index (χ3v) is 5.58. The molecule has 0 atom stereocenters. The molecule has 0 saturated carbocycles. The summed E-state index contributed by atoms with van der Waals surface area (Å²) in [7, 11) is 0. The number of thioether (sulfide) groups is 1. The largest absolute Gasteiger partial charge is 0.462 e. The average molecular weight is 447 g/mol. The minimum Gasteiger partial charge on any atom is -0.462 e. The Labute approximate surface area is 190 Å². The molecule has 1 amide bonds. The summed E-state index contributed by atoms with van der Waals surface area (Å²) in [6.07, 6.45) is 3.52. The van der Waals surface area contributed by atoms with Gasteiger partial charge in [-0.2, -0.15) is 0 Å². The van der Waals surface area contributed by atoms with Crippen LogP contribution in [0, 0.1) is 0 Å². The second-order valence-electron chi connectivity index (χ2n) is 7.09. The number of nitrogens with one attached hydrogen (secondary N) is 1. The standard InChI is InChI=1S/C25H22N2O4S/c1-2-3-15-30-24(29)18-11-9-17(10-12-18)21-14-13-20(31-21)16-22-23(28)27-25(32-22)26-19-7-5-4-6-8-19/h4-14,16H,2-3,15H2,1H3,(H,26,27,28)/b22-16-. The molecule has 2 aromatic carbocycles. The number of ether oxygens (including phenoxy) is 1. The number of carbonyl (C=O) groups is 2. The van der Waals surface area contributed by atoms with Crippen molar-refractivity contribution in [1.29, 1.82) is 0 Å². The summed E-state index contributed by atoms with van der Waals surface area (Å²) in [5.41, 5.74) is 2.10. The summed E-state index contributed by atoms with van der Waals surface area (Å²) in [4.78, 5) is 29.3. The number of amides is 1. The molecule has 0 spiro atoms. The van der Waals surface area contributed by atoms with Crippen molar-refractivity contribution in [2.45, 2.75) is 19.8 Å². The van der Waals surface area contributed by atoms with Crippen LogP contribution in [0.4, 0.5) is 5.69 Å². The Balaban J connectivity index is 1.43. The monoisotopic (exact) mass is 446 g/mol. The van der Waals surface area contributed by atoms with Crippen LogP contribution in [0.2, 0.25) is 0 Å². The third kappa shape index (κ3) is 5.36. The van der Waals surface area contributed by atoms with E-state index in [2.05, 4.69) is 10.3 Å². The number of benzene rings is 2. The van der Waals surface area contributed by atoms with Gasteiger partial charge in [0.25, 0.3) is 5.91 Å². The first-order valence-electron chi connectivity index (χ1n) is 10.3. The minimum absolute atomic E-state index is 0.214. The van der Waals surface area contributed by atoms with Crippen molar-refractivity contribution in [3.05, 3.63) is 83.0 Å². The summed E-state index contributed by atoms with van der Waals surface area (Å²) < 4.78 is 11.1. The van der Waals surface area contributed by atoms with Gasteiger partial charge in [-0.25, -0.2) is 9.79 Å². The Morgan fingerprint density at radius 3 is 2.62 bits per heavy atom. The number of hydrogen-bond acceptors (Lipinski definition) is 6. The van der Waals surface area contributed by atoms with Crippen LogP contribution in [-0.4, -0.2) is 23.7 Å². The molecule has 0 radical (unpaired) electrons. The van der Waals surface area contributed by atoms with Gasteiger partial charge < -0.3 is 14.5 Å². The lowest BCUT2D eigenvalue weighted by atomic mass is 10.1. The van der Waals surface area contributed by atoms with E-state index in [0.29, 0.717) is 33.8 Å². The first kappa shape index (κ1) is 21.6. The van der Waals surface area contributed by atoms with Gasteiger partial charge >= 0.3 is 5.97 Å². The van der Waals surface area contributed by atoms with Crippen LogP contribution in [-0.2, 0) is 9.53 Å². The molecule has 1 aromatic heterocycles. The molecule has 1 saturated heterocycles. The van der Waals surface area contributed by atoms with Crippen molar-refractivity contribution in [2.24, 2.45) is 4.99 Å². The molecule has 0 unspecified atom stereocenters. The van der Waals surface area contributed by atoms with Crippen molar-refractivity contribution >= 4 is 40.6 Å². The average Bonchev–Trinajstić information content (AvgIpc) is 3.41. The Hall–Kier alpha value is -3.58. The van der Waals surface area contributed by atoms with E-state index in [1.807, 2.05) is 55.5 Å². The molecule has 162 valence electrons. The highest BCUT2D eigenvalue weighted by Gasteiger charge is 2.24. The van der Waals surface area contributed by atoms with Crippen LogP contribution in [0.5, 0.6) is 0 Å². The highest BCUT2D eigenvalue weighted by molar-refractivity contribution is 8.18. The Morgan fingerprint density at radius 2 is 1.88 bits per heavy atom. The highest BCUT2D eigenvalue weighted by Crippen LogP contribution is 2.30. The van der Waals surface area contributed by atoms with Crippen LogP contribution in [0.25, 0.3) is 17.4 Å². The van der Waals surface area contributed by atoms with E-state index in [4.69, 9.17) is 9.15 Å². The van der Waals surface area contributed by atoms with Crippen molar-refractivity contribution in [1.82, 2.24) is 5.32 Å². The summed E-state index contributed by atoms with van der Waals surface area (Å²) >= 11 is 1.27. The van der Waals surface area contributed by atoms with Crippen molar-refractivity contribution in [3.63, 3.8) is 0 Å². The normalized spacial score (nSPS) is 15.8. The molecule has 0 bridgehead atoms. The van der Waals surface area contributed by atoms with Gasteiger partial charge in [0.1, 0.15) is 11.5 Å². The molecule has 0 aliphatic carbocycles. The van der Waals surface area contributed by atoms with Crippen LogP contribution in [0.3, 0.4) is 0 Å². The van der Waals surface area contributed by atoms with Crippen molar-refractivity contribution in [3.8, 4) is 11.3 Å². The van der Waals surface area contributed by atoms with Gasteiger partial charge in [0.15, 0.2) is 5.17 Å². The summed E-state index contributed by atoms with van der Waals surface area (Å²) in [6, 6.07) is 20.1. The van der Waals surface area contributed by atoms with Gasteiger partial charge in [-0.1, -0.05) is 43.7 Å². The number of hydrogen-bond donors (Lipinski definition) is 1. The molecule has 4 rings (SSSR count). The van der Waals surface area contributed by atoms with E-state index in [9.17, 15) is 9.59 Å². The molecule has 1 N–H and O–H groups in total. The number of esters is 1. The quantitative estimate of drug-likeness (QED) is 0.282. The van der Waals surface area contributed by atoms with Crippen LogP contribution in [0.15, 0.2) is 81.0 Å². The first-order chi connectivity index (χ1) is 15.6. The van der Waals surface area contributed by atoms with E-state index in [1.165, 1.54) is 11.8 Å². The fraction of sp³-hybridized carbons (Fsp3) is 0.160. The lowest BCUT2D eigenvalue weighted by molar-refractivity contribution is -0.115. The van der Waals surface area contributed by atoms with E-state index in [1.54, 1.807) is 24.3 Å². The second-order valence-corrected chi connectivity index (χ2v) is 8.12. The molecular formula is C25H22N2O4S. The zero-order valence-electron chi connectivity index (χ0n) is 17.5. The molecule has 1 aliphatic heterocycles. The maximum atomic E-state index is 12.3. The number of para-hydroxylation sites is 1. The first-order valence-corrected chi connectivity index (χ1v) is 11.2. The minimum atomic E-state index is -0.327. The number of aliphatic imine (C=N–C) groups is 1. The van der Waals surface area contributed by atoms with Crippen LogP contribution in [0.1, 0.15) is 35.9 Å². The van der Waals surface area contributed by atoms with Crippen molar-refractivity contribution in [2.75, 3.05) is 6.61 Å². The van der Waals surface area contributed by atoms with E-state index in [0.717, 1.165) is 24.1 Å². The van der Waals surface area contributed by atoms with E-state index in [-0.39, 0.29) is 11.9 Å². The van der Waals surface area contributed by atoms with Crippen LogP contribution < -0.4 is 5.32 Å². The Bertz CT molecular complexity index is 1160. The number of amidine groups is 1. The molecule has 1 aliphatic rings. The summed E-state index contributed by atoms with van der Waals surface area (Å²) in [5.74, 6) is 0.659. The van der Waals surface area contributed by atoms with Gasteiger partial charge in [-0.05, 0) is 54.6 Å². The second kappa shape index (κ2) is 10.2. The fourth-order valence-electron chi connectivity index (χ4n) is 2.98. The molecule has 2 heterocycles. The number of carbonyl (C=O) groups excluding carboxylic acids is 2. The molecular weight excluding hydrogens is 424 g/mol. The molecule has 6 nitrogen and oxygen atoms in total. The molecule has 7 heteroatoms. The molecule has 32 heavy (non-hydrogen) atoms. The lowest BCUT2D eigenvalue weighted by Crippen LogP contribution is -2.19. The number of nitrogens with zero attached hydrogens (tertiary/aromatic N) is 1. The molecule has 1 fully saturated rings. The lowest BCUT2D eigenvalue weighted by Gasteiger charge is -2.04. The van der Waals surface area contributed by atoms with Gasteiger partial charge in [0.2, 0.25) is 0 Å². The van der Waals surface area contributed by atoms with Gasteiger partial charge in [0, 0.05) is 11.6 Å². The SMILES string of the molecule is CCCCOC(=O)c1ccc(-c2ccc(/C=C3\SC(=Nc4ccccc4)NC3=O)o2)cc1. The number of rotatable bonds is 7. The Kier molecular flexibility index (Phi) is 6.87. The summed E-state index contributed by atoms with van der Waals surface area (Å²) in [5, 5.41) is 3.29. The predicted octanol–water partition coefficient (Wildman–Crippen LogP) is 5.80. The maximum absolute atomic E-state index is 12.3. The number of furan rings is 1. The predicted molar refractivity (Wildman–Crippen MR) is 127 cm³/mol. The van der Waals surface area contributed by atoms with Gasteiger partial charge in [0.05, 0.1) is 22.8 Å². The molecule has 3 aromatic rings. The topological polar surface area (TPSA) is 80.9 Å². The maximum Gasteiger partial charge on any atom is 0.338 e. The summed E-state index contributed by atoms with van der Waals surface area (Å²) in [6.45, 7) is 2.47. The van der Waals surface area contributed by atoms with Gasteiger partial charge in [-0.15, -0.1) is 0 Å². The third-order valence-electron chi connectivity index (χ3n) is 4.67.